The van der Waals surface area contributed by atoms with Crippen LogP contribution < -0.4 is 0 Å². The average molecular weight is 524 g/mol. The summed E-state index contributed by atoms with van der Waals surface area (Å²) in [5.41, 5.74) is 6.16. The molecule has 3 nitrogen and oxygen atoms in total. The van der Waals surface area contributed by atoms with E-state index < -0.39 is 5.82 Å². The minimum Gasteiger partial charge on any atom is -0.358 e. The number of aliphatic imine (C=N–C) groups is 1. The van der Waals surface area contributed by atoms with Gasteiger partial charge in [0.05, 0.1) is 23.7 Å². The van der Waals surface area contributed by atoms with E-state index in [2.05, 4.69) is 42.0 Å². The number of nitrogens with zero attached hydrogens (tertiary/aromatic N) is 2. The molecule has 1 heterocycles. The van der Waals surface area contributed by atoms with Gasteiger partial charge in [-0.15, -0.1) is 0 Å². The second-order valence-electron chi connectivity index (χ2n) is 8.92. The van der Waals surface area contributed by atoms with Crippen molar-refractivity contribution in [2.24, 2.45) is 4.99 Å². The fourth-order valence-electron chi connectivity index (χ4n) is 4.03. The fraction of sp³-hybridized carbons (Fsp3) is 0.355. The number of H-pyrrole nitrogens is 1. The molecule has 37 heavy (non-hydrogen) atoms. The first kappa shape index (κ1) is 30.0. The highest BCUT2D eigenvalue weighted by atomic mass is 35.5. The lowest BCUT2D eigenvalue weighted by atomic mass is 9.92. The number of halogens is 3. The van der Waals surface area contributed by atoms with E-state index in [0.29, 0.717) is 6.42 Å². The molecule has 0 saturated carbocycles. The molecule has 2 aromatic carbocycles. The predicted octanol–water partition coefficient (Wildman–Crippen LogP) is 9.77. The van der Waals surface area contributed by atoms with Crippen LogP contribution in [0.5, 0.6) is 0 Å². The van der Waals surface area contributed by atoms with E-state index >= 15 is 0 Å². The van der Waals surface area contributed by atoms with Gasteiger partial charge >= 0.3 is 0 Å². The summed E-state index contributed by atoms with van der Waals surface area (Å²) in [5.74, 6) is -0.552. The number of nitrogens with one attached hydrogen (secondary N) is 1. The molecule has 0 amide bonds. The first-order valence-electron chi connectivity index (χ1n) is 12.7. The number of hydrogen-bond donors (Lipinski definition) is 1. The zero-order chi connectivity index (χ0) is 27.4. The van der Waals surface area contributed by atoms with Crippen molar-refractivity contribution >= 4 is 28.7 Å². The second-order valence-corrected chi connectivity index (χ2v) is 9.32. The van der Waals surface area contributed by atoms with Crippen LogP contribution in [0.4, 0.5) is 8.78 Å². The molecule has 0 aliphatic heterocycles. The lowest BCUT2D eigenvalue weighted by molar-refractivity contribution is 0.630. The van der Waals surface area contributed by atoms with Crippen LogP contribution in [0.3, 0.4) is 0 Å². The zero-order valence-electron chi connectivity index (χ0n) is 22.3. The quantitative estimate of drug-likeness (QED) is 0.279. The Morgan fingerprint density at radius 1 is 1.22 bits per heavy atom. The Bertz CT molecular complexity index is 1290. The number of rotatable bonds is 9. The number of fused-ring (bicyclic) bond motifs is 1. The van der Waals surface area contributed by atoms with Crippen LogP contribution in [-0.2, 0) is 12.8 Å². The Kier molecular flexibility index (Phi) is 12.3. The molecular formula is C31H36ClF2N3. The lowest BCUT2D eigenvalue weighted by Crippen LogP contribution is -2.01. The maximum absolute atomic E-state index is 13.9. The van der Waals surface area contributed by atoms with Crippen LogP contribution >= 0.6 is 11.6 Å². The van der Waals surface area contributed by atoms with Crippen molar-refractivity contribution in [1.29, 1.82) is 5.26 Å². The smallest absolute Gasteiger partial charge is 0.143 e. The molecule has 3 aromatic rings. The molecule has 196 valence electrons. The second kappa shape index (κ2) is 15.1. The molecule has 1 aromatic heterocycles. The van der Waals surface area contributed by atoms with Gasteiger partial charge in [0.2, 0.25) is 0 Å². The third kappa shape index (κ3) is 8.68. The molecule has 6 heteroatoms. The van der Waals surface area contributed by atoms with E-state index in [1.54, 1.807) is 13.0 Å². The van der Waals surface area contributed by atoms with Crippen LogP contribution in [0.25, 0.3) is 10.9 Å². The molecule has 1 atom stereocenters. The van der Waals surface area contributed by atoms with Gasteiger partial charge in [-0.3, -0.25) is 4.99 Å². The van der Waals surface area contributed by atoms with Gasteiger partial charge in [-0.25, -0.2) is 8.78 Å². The van der Waals surface area contributed by atoms with Crippen LogP contribution in [0.15, 0.2) is 65.1 Å². The van der Waals surface area contributed by atoms with Gasteiger partial charge in [-0.1, -0.05) is 75.2 Å². The molecule has 3 rings (SSSR count). The Balaban J connectivity index is 0.000000371. The van der Waals surface area contributed by atoms with E-state index in [1.807, 2.05) is 32.1 Å². The standard InChI is InChI=1S/C22H22ClFN2.C9H14FN/c1-3-4-5-17-18-12-19(23)20(24)13-21(18)26-22(17)14(2)16-8-6-15(7-9-16)10-11-25;1-4-6-8(3)11-7-9(10)5-2/h6-9,12-14,26H,3-5,10H2,1-2H3;5-7H,4H2,1-3H3/b;8-6+,9-5+,11-7+. The van der Waals surface area contributed by atoms with E-state index in [9.17, 15) is 8.78 Å². The van der Waals surface area contributed by atoms with E-state index in [1.165, 1.54) is 29.5 Å². The third-order valence-electron chi connectivity index (χ3n) is 6.12. The predicted molar refractivity (Wildman–Crippen MR) is 153 cm³/mol. The number of aromatic nitrogens is 1. The van der Waals surface area contributed by atoms with Crippen molar-refractivity contribution < 1.29 is 8.78 Å². The van der Waals surface area contributed by atoms with Crippen molar-refractivity contribution in [3.8, 4) is 6.07 Å². The molecule has 0 fully saturated rings. The first-order valence-corrected chi connectivity index (χ1v) is 13.1. The number of unbranched alkanes of at least 4 members (excludes halogenated alkanes) is 1. The summed E-state index contributed by atoms with van der Waals surface area (Å²) >= 11 is 6.03. The van der Waals surface area contributed by atoms with Crippen molar-refractivity contribution in [3.63, 3.8) is 0 Å². The summed E-state index contributed by atoms with van der Waals surface area (Å²) in [6.45, 7) is 9.82. The van der Waals surface area contributed by atoms with Gasteiger partial charge in [-0.05, 0) is 61.9 Å². The lowest BCUT2D eigenvalue weighted by Gasteiger charge is -2.14. The van der Waals surface area contributed by atoms with Gasteiger partial charge in [0.15, 0.2) is 0 Å². The maximum atomic E-state index is 13.9. The van der Waals surface area contributed by atoms with Crippen LogP contribution in [0.1, 0.15) is 82.2 Å². The highest BCUT2D eigenvalue weighted by Gasteiger charge is 2.19. The largest absolute Gasteiger partial charge is 0.358 e. The van der Waals surface area contributed by atoms with Gasteiger partial charge < -0.3 is 4.98 Å². The summed E-state index contributed by atoms with van der Waals surface area (Å²) in [6.07, 6.45) is 9.00. The summed E-state index contributed by atoms with van der Waals surface area (Å²) < 4.78 is 26.3. The first-order chi connectivity index (χ1) is 17.7. The van der Waals surface area contributed by atoms with Gasteiger partial charge in [0.1, 0.15) is 11.6 Å². The minimum atomic E-state index is -0.400. The van der Waals surface area contributed by atoms with Crippen LogP contribution in [-0.4, -0.2) is 11.2 Å². The Morgan fingerprint density at radius 2 is 1.92 bits per heavy atom. The maximum Gasteiger partial charge on any atom is 0.143 e. The van der Waals surface area contributed by atoms with Crippen molar-refractivity contribution in [1.82, 2.24) is 4.98 Å². The molecule has 1 N–H and O–H groups in total. The zero-order valence-corrected chi connectivity index (χ0v) is 23.1. The van der Waals surface area contributed by atoms with E-state index in [0.717, 1.165) is 53.5 Å². The molecule has 0 radical (unpaired) electrons. The molecule has 0 bridgehead atoms. The SMILES string of the molecule is CCCCc1c(C(C)c2ccc(CC#N)cc2)[nH]c2cc(F)c(Cl)cc12.C\C=C(F)/C=N/C(C)=C/CC. The van der Waals surface area contributed by atoms with E-state index in [4.69, 9.17) is 16.9 Å². The monoisotopic (exact) mass is 523 g/mol. The highest BCUT2D eigenvalue weighted by Crippen LogP contribution is 2.35. The number of allylic oxidation sites excluding steroid dienone is 4. The number of benzene rings is 2. The van der Waals surface area contributed by atoms with Gasteiger partial charge in [0.25, 0.3) is 0 Å². The molecule has 0 spiro atoms. The summed E-state index contributed by atoms with van der Waals surface area (Å²) in [4.78, 5) is 7.31. The minimum absolute atomic E-state index is 0.146. The highest BCUT2D eigenvalue weighted by molar-refractivity contribution is 6.31. The topological polar surface area (TPSA) is 51.9 Å². The normalized spacial score (nSPS) is 12.9. The molecule has 0 aliphatic carbocycles. The molecule has 1 unspecified atom stereocenters. The molecular weight excluding hydrogens is 488 g/mol. The summed E-state index contributed by atoms with van der Waals surface area (Å²) in [6, 6.07) is 13.5. The van der Waals surface area contributed by atoms with Gasteiger partial charge in [0, 0.05) is 28.2 Å². The third-order valence-corrected chi connectivity index (χ3v) is 6.41. The molecule has 0 saturated heterocycles. The number of aromatic amines is 1. The number of aryl methyl sites for hydroxylation is 1. The van der Waals surface area contributed by atoms with Crippen LogP contribution in [0.2, 0.25) is 5.02 Å². The van der Waals surface area contributed by atoms with Gasteiger partial charge in [-0.2, -0.15) is 5.26 Å². The average Bonchev–Trinajstić information content (AvgIpc) is 3.23. The molecule has 0 aliphatic rings. The Morgan fingerprint density at radius 3 is 2.51 bits per heavy atom. The van der Waals surface area contributed by atoms with Crippen molar-refractivity contribution in [2.45, 2.75) is 72.6 Å². The Labute approximate surface area is 224 Å². The fourth-order valence-corrected chi connectivity index (χ4v) is 4.19. The van der Waals surface area contributed by atoms with Crippen molar-refractivity contribution in [2.75, 3.05) is 0 Å². The summed E-state index contributed by atoms with van der Waals surface area (Å²) in [5, 5.41) is 9.99. The van der Waals surface area contributed by atoms with Crippen molar-refractivity contribution in [3.05, 3.63) is 93.3 Å². The number of hydrogen-bond acceptors (Lipinski definition) is 2. The summed E-state index contributed by atoms with van der Waals surface area (Å²) in [7, 11) is 0. The Hall–Kier alpha value is -3.23. The number of nitriles is 1. The van der Waals surface area contributed by atoms with E-state index in [-0.39, 0.29) is 16.8 Å². The van der Waals surface area contributed by atoms with Crippen LogP contribution in [0, 0.1) is 17.1 Å².